The second-order valence-electron chi connectivity index (χ2n) is 5.48. The van der Waals surface area contributed by atoms with E-state index in [-0.39, 0.29) is 5.82 Å². The first-order valence-electron chi connectivity index (χ1n) is 7.30. The van der Waals surface area contributed by atoms with E-state index in [1.54, 1.807) is 6.07 Å². The molecule has 0 amide bonds. The molecule has 1 N–H and O–H groups in total. The van der Waals surface area contributed by atoms with Gasteiger partial charge in [0.05, 0.1) is 6.10 Å². The predicted octanol–water partition coefficient (Wildman–Crippen LogP) is 3.61. The van der Waals surface area contributed by atoms with Crippen LogP contribution in [-0.2, 0) is 11.2 Å². The molecule has 1 aromatic rings. The second kappa shape index (κ2) is 7.01. The van der Waals surface area contributed by atoms with Crippen LogP contribution in [0.5, 0.6) is 0 Å². The minimum Gasteiger partial charge on any atom is -0.379 e. The van der Waals surface area contributed by atoms with E-state index < -0.39 is 0 Å². The van der Waals surface area contributed by atoms with Crippen LogP contribution in [-0.4, -0.2) is 19.3 Å². The van der Waals surface area contributed by atoms with Crippen LogP contribution < -0.4 is 5.32 Å². The van der Waals surface area contributed by atoms with Crippen LogP contribution in [0, 0.1) is 5.82 Å². The summed E-state index contributed by atoms with van der Waals surface area (Å²) in [6.07, 6.45) is 4.37. The van der Waals surface area contributed by atoms with E-state index in [4.69, 9.17) is 4.74 Å². The topological polar surface area (TPSA) is 21.3 Å². The Kier molecular flexibility index (Phi) is 5.34. The number of unbranched alkanes of at least 4 members (excludes halogenated alkanes) is 1. The van der Waals surface area contributed by atoms with Crippen molar-refractivity contribution in [2.24, 2.45) is 0 Å². The van der Waals surface area contributed by atoms with Gasteiger partial charge < -0.3 is 10.1 Å². The van der Waals surface area contributed by atoms with Gasteiger partial charge in [-0.25, -0.2) is 4.39 Å². The van der Waals surface area contributed by atoms with Crippen molar-refractivity contribution in [3.63, 3.8) is 0 Å². The van der Waals surface area contributed by atoms with Crippen LogP contribution in [0.25, 0.3) is 0 Å². The zero-order chi connectivity index (χ0) is 13.7. The Morgan fingerprint density at radius 1 is 1.37 bits per heavy atom. The van der Waals surface area contributed by atoms with Gasteiger partial charge in [-0.05, 0) is 63.3 Å². The Morgan fingerprint density at radius 3 is 3.00 bits per heavy atom. The Bertz CT molecular complexity index is 406. The van der Waals surface area contributed by atoms with E-state index in [1.807, 2.05) is 12.1 Å². The SMILES string of the molecule is CC(C)OCCCCNC1CCc2c(F)cccc21. The maximum Gasteiger partial charge on any atom is 0.126 e. The fourth-order valence-electron chi connectivity index (χ4n) is 2.64. The summed E-state index contributed by atoms with van der Waals surface area (Å²) in [7, 11) is 0. The zero-order valence-electron chi connectivity index (χ0n) is 11.9. The molecule has 1 aliphatic carbocycles. The van der Waals surface area contributed by atoms with Gasteiger partial charge >= 0.3 is 0 Å². The molecule has 0 saturated carbocycles. The molecule has 0 aromatic heterocycles. The fourth-order valence-corrected chi connectivity index (χ4v) is 2.64. The quantitative estimate of drug-likeness (QED) is 0.760. The molecule has 0 bridgehead atoms. The summed E-state index contributed by atoms with van der Waals surface area (Å²) >= 11 is 0. The molecule has 0 fully saturated rings. The molecule has 2 nitrogen and oxygen atoms in total. The lowest BCUT2D eigenvalue weighted by atomic mass is 10.1. The standard InChI is InChI=1S/C16H24FNO/c1-12(2)19-11-4-3-10-18-16-9-8-13-14(16)6-5-7-15(13)17/h5-7,12,16,18H,3-4,8-11H2,1-2H3. The highest BCUT2D eigenvalue weighted by molar-refractivity contribution is 5.35. The smallest absolute Gasteiger partial charge is 0.126 e. The van der Waals surface area contributed by atoms with Crippen LogP contribution in [0.4, 0.5) is 4.39 Å². The van der Waals surface area contributed by atoms with Gasteiger partial charge in [0.15, 0.2) is 0 Å². The number of halogens is 1. The highest BCUT2D eigenvalue weighted by atomic mass is 19.1. The van der Waals surface area contributed by atoms with Crippen LogP contribution >= 0.6 is 0 Å². The van der Waals surface area contributed by atoms with Crippen molar-refractivity contribution in [3.8, 4) is 0 Å². The van der Waals surface area contributed by atoms with E-state index in [1.165, 1.54) is 0 Å². The van der Waals surface area contributed by atoms with Crippen molar-refractivity contribution in [1.82, 2.24) is 5.32 Å². The van der Waals surface area contributed by atoms with E-state index >= 15 is 0 Å². The molecule has 0 heterocycles. The van der Waals surface area contributed by atoms with Crippen molar-refractivity contribution >= 4 is 0 Å². The van der Waals surface area contributed by atoms with Gasteiger partial charge in [-0.2, -0.15) is 0 Å². The average molecular weight is 265 g/mol. The normalized spacial score (nSPS) is 18.0. The van der Waals surface area contributed by atoms with Crippen molar-refractivity contribution in [2.45, 2.75) is 51.7 Å². The van der Waals surface area contributed by atoms with E-state index in [0.717, 1.165) is 50.0 Å². The zero-order valence-corrected chi connectivity index (χ0v) is 11.9. The van der Waals surface area contributed by atoms with Gasteiger partial charge in [-0.3, -0.25) is 0 Å². The Morgan fingerprint density at radius 2 is 2.21 bits per heavy atom. The number of hydrogen-bond acceptors (Lipinski definition) is 2. The number of hydrogen-bond donors (Lipinski definition) is 1. The first-order chi connectivity index (χ1) is 9.18. The number of rotatable bonds is 7. The Balaban J connectivity index is 1.70. The summed E-state index contributed by atoms with van der Waals surface area (Å²) in [5.74, 6) is -0.0490. The van der Waals surface area contributed by atoms with E-state index in [9.17, 15) is 4.39 Å². The highest BCUT2D eigenvalue weighted by Crippen LogP contribution is 2.32. The molecule has 3 heteroatoms. The number of nitrogens with one attached hydrogen (secondary N) is 1. The number of benzene rings is 1. The second-order valence-corrected chi connectivity index (χ2v) is 5.48. The molecule has 106 valence electrons. The third-order valence-electron chi connectivity index (χ3n) is 3.63. The van der Waals surface area contributed by atoms with Gasteiger partial charge in [-0.1, -0.05) is 12.1 Å². The van der Waals surface area contributed by atoms with Crippen molar-refractivity contribution < 1.29 is 9.13 Å². The van der Waals surface area contributed by atoms with Gasteiger partial charge in [-0.15, -0.1) is 0 Å². The molecule has 0 saturated heterocycles. The molecule has 1 aromatic carbocycles. The van der Waals surface area contributed by atoms with Gasteiger partial charge in [0, 0.05) is 12.6 Å². The Hall–Kier alpha value is -0.930. The predicted molar refractivity (Wildman–Crippen MR) is 75.8 cm³/mol. The molecular formula is C16H24FNO. The molecule has 0 radical (unpaired) electrons. The van der Waals surface area contributed by atoms with Crippen LogP contribution in [0.3, 0.4) is 0 Å². The molecule has 19 heavy (non-hydrogen) atoms. The highest BCUT2D eigenvalue weighted by Gasteiger charge is 2.23. The maximum absolute atomic E-state index is 13.6. The van der Waals surface area contributed by atoms with Gasteiger partial charge in [0.2, 0.25) is 0 Å². The molecule has 1 atom stereocenters. The summed E-state index contributed by atoms with van der Waals surface area (Å²) in [6, 6.07) is 5.75. The molecule has 0 aliphatic heterocycles. The molecule has 0 spiro atoms. The minimum absolute atomic E-state index is 0.0490. The van der Waals surface area contributed by atoms with Gasteiger partial charge in [0.1, 0.15) is 5.82 Å². The lowest BCUT2D eigenvalue weighted by Crippen LogP contribution is -2.20. The lowest BCUT2D eigenvalue weighted by molar-refractivity contribution is 0.0759. The van der Waals surface area contributed by atoms with E-state index in [0.29, 0.717) is 12.1 Å². The molecule has 1 unspecified atom stereocenters. The Labute approximate surface area is 115 Å². The van der Waals surface area contributed by atoms with Crippen molar-refractivity contribution in [1.29, 1.82) is 0 Å². The van der Waals surface area contributed by atoms with Crippen LogP contribution in [0.1, 0.15) is 50.3 Å². The number of fused-ring (bicyclic) bond motifs is 1. The summed E-state index contributed by atoms with van der Waals surface area (Å²) in [5, 5.41) is 3.53. The molecule has 1 aliphatic rings. The molecule has 2 rings (SSSR count). The van der Waals surface area contributed by atoms with Crippen LogP contribution in [0.15, 0.2) is 18.2 Å². The number of ether oxygens (including phenoxy) is 1. The van der Waals surface area contributed by atoms with Crippen LogP contribution in [0.2, 0.25) is 0 Å². The average Bonchev–Trinajstić information content (AvgIpc) is 2.78. The third kappa shape index (κ3) is 4.02. The fraction of sp³-hybridized carbons (Fsp3) is 0.625. The summed E-state index contributed by atoms with van der Waals surface area (Å²) in [6.45, 7) is 5.92. The van der Waals surface area contributed by atoms with Crippen molar-refractivity contribution in [3.05, 3.63) is 35.1 Å². The first kappa shape index (κ1) is 14.5. The lowest BCUT2D eigenvalue weighted by Gasteiger charge is -2.14. The third-order valence-corrected chi connectivity index (χ3v) is 3.63. The summed E-state index contributed by atoms with van der Waals surface area (Å²) in [4.78, 5) is 0. The van der Waals surface area contributed by atoms with E-state index in [2.05, 4.69) is 19.2 Å². The summed E-state index contributed by atoms with van der Waals surface area (Å²) < 4.78 is 19.1. The summed E-state index contributed by atoms with van der Waals surface area (Å²) in [5.41, 5.74) is 2.06. The maximum atomic E-state index is 13.6. The monoisotopic (exact) mass is 265 g/mol. The molecular weight excluding hydrogens is 241 g/mol. The largest absolute Gasteiger partial charge is 0.379 e. The minimum atomic E-state index is -0.0490. The van der Waals surface area contributed by atoms with Gasteiger partial charge in [0.25, 0.3) is 0 Å². The van der Waals surface area contributed by atoms with Crippen molar-refractivity contribution in [2.75, 3.05) is 13.2 Å². The first-order valence-corrected chi connectivity index (χ1v) is 7.30.